The van der Waals surface area contributed by atoms with Crippen molar-refractivity contribution in [3.63, 3.8) is 0 Å². The molecule has 4 heteroatoms. The highest BCUT2D eigenvalue weighted by Crippen LogP contribution is 2.52. The number of aromatic nitrogens is 2. The molecule has 3 atom stereocenters. The van der Waals surface area contributed by atoms with Gasteiger partial charge in [0.25, 0.3) is 0 Å². The van der Waals surface area contributed by atoms with E-state index in [0.29, 0.717) is 22.8 Å². The van der Waals surface area contributed by atoms with Crippen LogP contribution in [0.3, 0.4) is 0 Å². The number of amides is 1. The summed E-state index contributed by atoms with van der Waals surface area (Å²) < 4.78 is 2.19. The lowest BCUT2D eigenvalue weighted by atomic mass is 9.65. The van der Waals surface area contributed by atoms with Crippen LogP contribution in [0.2, 0.25) is 0 Å². The zero-order valence-electron chi connectivity index (χ0n) is 14.0. The Hall–Kier alpha value is -1.32. The number of fused-ring (bicyclic) bond motifs is 3. The summed E-state index contributed by atoms with van der Waals surface area (Å²) >= 11 is 0. The molecule has 0 aromatic carbocycles. The quantitative estimate of drug-likeness (QED) is 0.800. The van der Waals surface area contributed by atoms with Gasteiger partial charge < -0.3 is 9.47 Å². The van der Waals surface area contributed by atoms with Crippen molar-refractivity contribution < 1.29 is 4.79 Å². The molecule has 2 bridgehead atoms. The summed E-state index contributed by atoms with van der Waals surface area (Å²) in [5, 5.41) is 0. The Morgan fingerprint density at radius 1 is 1.32 bits per heavy atom. The van der Waals surface area contributed by atoms with Crippen LogP contribution < -0.4 is 0 Å². The first-order valence-electron chi connectivity index (χ1n) is 8.65. The Morgan fingerprint density at radius 2 is 2.14 bits per heavy atom. The van der Waals surface area contributed by atoms with E-state index < -0.39 is 0 Å². The lowest BCUT2D eigenvalue weighted by Crippen LogP contribution is -2.42. The minimum Gasteiger partial charge on any atom is -0.339 e. The van der Waals surface area contributed by atoms with Crippen molar-refractivity contribution in [2.24, 2.45) is 16.7 Å². The van der Waals surface area contributed by atoms with Crippen molar-refractivity contribution in [3.8, 4) is 0 Å². The normalized spacial score (nSPS) is 36.2. The van der Waals surface area contributed by atoms with Gasteiger partial charge in [0.05, 0.1) is 6.33 Å². The van der Waals surface area contributed by atoms with Crippen LogP contribution >= 0.6 is 0 Å². The Balaban J connectivity index is 1.52. The highest BCUT2D eigenvalue weighted by Gasteiger charge is 2.51. The molecule has 1 aromatic heterocycles. The molecule has 1 saturated carbocycles. The van der Waals surface area contributed by atoms with Crippen LogP contribution in [0.5, 0.6) is 0 Å². The third kappa shape index (κ3) is 2.27. The molecule has 0 radical (unpaired) electrons. The molecule has 3 heterocycles. The monoisotopic (exact) mass is 301 g/mol. The van der Waals surface area contributed by atoms with Crippen LogP contribution in [-0.4, -0.2) is 32.9 Å². The molecule has 1 saturated heterocycles. The second-order valence-electron chi connectivity index (χ2n) is 8.95. The Labute approximate surface area is 132 Å². The average molecular weight is 301 g/mol. The molecule has 22 heavy (non-hydrogen) atoms. The van der Waals surface area contributed by atoms with Crippen LogP contribution in [-0.2, 0) is 17.8 Å². The van der Waals surface area contributed by atoms with Gasteiger partial charge in [-0.2, -0.15) is 0 Å². The van der Waals surface area contributed by atoms with E-state index >= 15 is 0 Å². The lowest BCUT2D eigenvalue weighted by molar-refractivity contribution is -0.137. The van der Waals surface area contributed by atoms with Gasteiger partial charge in [-0.1, -0.05) is 20.8 Å². The summed E-state index contributed by atoms with van der Waals surface area (Å²) in [6.07, 6.45) is 9.26. The van der Waals surface area contributed by atoms with E-state index in [0.717, 1.165) is 25.9 Å². The molecule has 1 amide bonds. The van der Waals surface area contributed by atoms with Crippen LogP contribution in [0, 0.1) is 16.7 Å². The highest BCUT2D eigenvalue weighted by atomic mass is 16.2. The predicted molar refractivity (Wildman–Crippen MR) is 85.3 cm³/mol. The Kier molecular flexibility index (Phi) is 2.98. The number of aryl methyl sites for hydroxylation is 1. The SMILES string of the molecule is CC1(C)CC2CC(C)(CN2C(=O)C2CCn3cncc3C2)C1. The molecule has 0 spiro atoms. The molecule has 120 valence electrons. The van der Waals surface area contributed by atoms with Crippen molar-refractivity contribution in [3.05, 3.63) is 18.2 Å². The summed E-state index contributed by atoms with van der Waals surface area (Å²) in [4.78, 5) is 19.6. The maximum atomic E-state index is 13.1. The van der Waals surface area contributed by atoms with Gasteiger partial charge in [-0.15, -0.1) is 0 Å². The van der Waals surface area contributed by atoms with Crippen LogP contribution in [0.1, 0.15) is 52.1 Å². The van der Waals surface area contributed by atoms with E-state index in [1.165, 1.54) is 25.0 Å². The number of carbonyl (C=O) groups is 1. The van der Waals surface area contributed by atoms with Gasteiger partial charge in [0.1, 0.15) is 0 Å². The molecule has 2 aliphatic heterocycles. The first-order chi connectivity index (χ1) is 10.4. The standard InChI is InChI=1S/C18H27N3O/c1-17(2)7-15-8-18(3,10-17)11-21(15)16(22)13-4-5-20-12-19-9-14(20)6-13/h9,12-13,15H,4-8,10-11H2,1-3H3. The largest absolute Gasteiger partial charge is 0.339 e. The number of rotatable bonds is 1. The van der Waals surface area contributed by atoms with Crippen molar-refractivity contribution in [1.29, 1.82) is 0 Å². The summed E-state index contributed by atoms with van der Waals surface area (Å²) in [6, 6.07) is 0.466. The Morgan fingerprint density at radius 3 is 2.95 bits per heavy atom. The molecule has 0 N–H and O–H groups in total. The molecule has 2 fully saturated rings. The molecule has 1 aromatic rings. The molecular weight excluding hydrogens is 274 g/mol. The fourth-order valence-corrected chi connectivity index (χ4v) is 5.53. The minimum atomic E-state index is 0.162. The van der Waals surface area contributed by atoms with Crippen LogP contribution in [0.15, 0.2) is 12.5 Å². The van der Waals surface area contributed by atoms with Gasteiger partial charge in [0.2, 0.25) is 5.91 Å². The highest BCUT2D eigenvalue weighted by molar-refractivity contribution is 5.80. The van der Waals surface area contributed by atoms with E-state index in [1.807, 2.05) is 12.5 Å². The van der Waals surface area contributed by atoms with Crippen LogP contribution in [0.25, 0.3) is 0 Å². The Bertz CT molecular complexity index is 605. The number of likely N-dealkylation sites (tertiary alicyclic amines) is 1. The first kappa shape index (κ1) is 14.3. The maximum Gasteiger partial charge on any atom is 0.226 e. The third-order valence-electron chi connectivity index (χ3n) is 6.02. The van der Waals surface area contributed by atoms with Crippen molar-refractivity contribution in [2.75, 3.05) is 6.54 Å². The third-order valence-corrected chi connectivity index (χ3v) is 6.02. The van der Waals surface area contributed by atoms with Crippen molar-refractivity contribution in [1.82, 2.24) is 14.5 Å². The van der Waals surface area contributed by atoms with E-state index in [4.69, 9.17) is 0 Å². The van der Waals surface area contributed by atoms with Crippen molar-refractivity contribution >= 4 is 5.91 Å². The molecule has 4 nitrogen and oxygen atoms in total. The minimum absolute atomic E-state index is 0.162. The van der Waals surface area contributed by atoms with E-state index in [-0.39, 0.29) is 5.92 Å². The summed E-state index contributed by atoms with van der Waals surface area (Å²) in [5.74, 6) is 0.564. The number of nitrogens with zero attached hydrogens (tertiary/aromatic N) is 3. The second-order valence-corrected chi connectivity index (χ2v) is 8.95. The number of carbonyl (C=O) groups excluding carboxylic acids is 1. The van der Waals surface area contributed by atoms with Gasteiger partial charge in [0.15, 0.2) is 0 Å². The van der Waals surface area contributed by atoms with Crippen LogP contribution in [0.4, 0.5) is 0 Å². The summed E-state index contributed by atoms with van der Waals surface area (Å²) in [6.45, 7) is 9.02. The average Bonchev–Trinajstić information content (AvgIpc) is 2.97. The zero-order valence-corrected chi connectivity index (χ0v) is 14.0. The first-order valence-corrected chi connectivity index (χ1v) is 8.65. The van der Waals surface area contributed by atoms with E-state index in [2.05, 4.69) is 35.2 Å². The van der Waals surface area contributed by atoms with Gasteiger partial charge >= 0.3 is 0 Å². The number of hydrogen-bond acceptors (Lipinski definition) is 2. The van der Waals surface area contributed by atoms with E-state index in [1.54, 1.807) is 0 Å². The number of imidazole rings is 1. The van der Waals surface area contributed by atoms with Gasteiger partial charge in [-0.3, -0.25) is 4.79 Å². The molecule has 3 aliphatic rings. The second kappa shape index (κ2) is 4.59. The summed E-state index contributed by atoms with van der Waals surface area (Å²) in [7, 11) is 0. The predicted octanol–water partition coefficient (Wildman–Crippen LogP) is 2.87. The maximum absolute atomic E-state index is 13.1. The van der Waals surface area contributed by atoms with Crippen molar-refractivity contribution in [2.45, 2.75) is 65.5 Å². The van der Waals surface area contributed by atoms with Gasteiger partial charge in [-0.05, 0) is 36.5 Å². The molecular formula is C18H27N3O. The lowest BCUT2D eigenvalue weighted by Gasteiger charge is -2.39. The van der Waals surface area contributed by atoms with E-state index in [9.17, 15) is 4.79 Å². The van der Waals surface area contributed by atoms with Gasteiger partial charge in [0, 0.05) is 43.4 Å². The fraction of sp³-hybridized carbons (Fsp3) is 0.778. The number of hydrogen-bond donors (Lipinski definition) is 0. The van der Waals surface area contributed by atoms with Gasteiger partial charge in [-0.25, -0.2) is 4.98 Å². The molecule has 3 unspecified atom stereocenters. The smallest absolute Gasteiger partial charge is 0.226 e. The zero-order chi connectivity index (χ0) is 15.5. The topological polar surface area (TPSA) is 38.1 Å². The molecule has 1 aliphatic carbocycles. The summed E-state index contributed by atoms with van der Waals surface area (Å²) in [5.41, 5.74) is 1.93. The molecule has 4 rings (SSSR count). The fourth-order valence-electron chi connectivity index (χ4n) is 5.53.